The average Bonchev–Trinajstić information content (AvgIpc) is 2.93. The lowest BCUT2D eigenvalue weighted by atomic mass is 10.0. The van der Waals surface area contributed by atoms with Crippen molar-refractivity contribution in [1.82, 2.24) is 4.98 Å². The fraction of sp³-hybridized carbons (Fsp3) is 0.125. The van der Waals surface area contributed by atoms with Crippen molar-refractivity contribution in [1.29, 1.82) is 0 Å². The summed E-state index contributed by atoms with van der Waals surface area (Å²) in [4.78, 5) is 16.2. The van der Waals surface area contributed by atoms with E-state index in [2.05, 4.69) is 24.0 Å². The summed E-state index contributed by atoms with van der Waals surface area (Å²) in [5, 5.41) is 0. The predicted molar refractivity (Wildman–Crippen MR) is 97.0 cm³/mol. The molecule has 0 aliphatic heterocycles. The molecule has 0 unspecified atom stereocenters. The molecule has 1 amide bonds. The Bertz CT molecular complexity index is 828. The van der Waals surface area contributed by atoms with E-state index in [1.165, 1.54) is 10.3 Å². The highest BCUT2D eigenvalue weighted by atomic mass is 127. The SMILES string of the molecule is CC(=O)N(I)c1ccccc1-c1cc(C)cc2scnc12. The number of aryl methyl sites for hydroxylation is 1. The first-order chi connectivity index (χ1) is 10.1. The van der Waals surface area contributed by atoms with Gasteiger partial charge in [-0.2, -0.15) is 0 Å². The summed E-state index contributed by atoms with van der Waals surface area (Å²) < 4.78 is 2.82. The van der Waals surface area contributed by atoms with E-state index < -0.39 is 0 Å². The smallest absolute Gasteiger partial charge is 0.232 e. The molecule has 0 aliphatic rings. The Morgan fingerprint density at radius 1 is 1.24 bits per heavy atom. The van der Waals surface area contributed by atoms with E-state index in [0.717, 1.165) is 22.3 Å². The number of para-hydroxylation sites is 1. The molecule has 1 heterocycles. The van der Waals surface area contributed by atoms with Crippen LogP contribution in [0.2, 0.25) is 0 Å². The number of thiazole rings is 1. The Morgan fingerprint density at radius 3 is 2.76 bits per heavy atom. The molecule has 0 radical (unpaired) electrons. The maximum Gasteiger partial charge on any atom is 0.232 e. The molecule has 0 N–H and O–H groups in total. The maximum atomic E-state index is 11.7. The summed E-state index contributed by atoms with van der Waals surface area (Å²) in [6, 6.07) is 12.2. The molecule has 0 saturated heterocycles. The number of amides is 1. The van der Waals surface area contributed by atoms with E-state index in [1.54, 1.807) is 21.4 Å². The maximum absolute atomic E-state index is 11.7. The molecule has 1 aromatic heterocycles. The largest absolute Gasteiger partial charge is 0.274 e. The van der Waals surface area contributed by atoms with Gasteiger partial charge >= 0.3 is 0 Å². The summed E-state index contributed by atoms with van der Waals surface area (Å²) in [6.45, 7) is 3.65. The molecular weight excluding hydrogens is 395 g/mol. The second-order valence-electron chi connectivity index (χ2n) is 4.83. The number of hydrogen-bond donors (Lipinski definition) is 0. The highest BCUT2D eigenvalue weighted by Crippen LogP contribution is 2.37. The molecule has 3 aromatic rings. The minimum absolute atomic E-state index is 0.00484. The first-order valence-electron chi connectivity index (χ1n) is 6.47. The van der Waals surface area contributed by atoms with Crippen LogP contribution in [0.4, 0.5) is 5.69 Å². The summed E-state index contributed by atoms with van der Waals surface area (Å²) in [6.07, 6.45) is 0. The Balaban J connectivity index is 2.28. The van der Waals surface area contributed by atoms with Gasteiger partial charge in [0.25, 0.3) is 0 Å². The van der Waals surface area contributed by atoms with Crippen LogP contribution in [0.25, 0.3) is 21.3 Å². The number of anilines is 1. The van der Waals surface area contributed by atoms with E-state index in [0.29, 0.717) is 0 Å². The summed E-state index contributed by atoms with van der Waals surface area (Å²) >= 11 is 3.68. The number of carbonyl (C=O) groups is 1. The number of fused-ring (bicyclic) bond motifs is 1. The van der Waals surface area contributed by atoms with Crippen molar-refractivity contribution < 1.29 is 4.79 Å². The lowest BCUT2D eigenvalue weighted by Gasteiger charge is -2.17. The van der Waals surface area contributed by atoms with E-state index in [1.807, 2.05) is 52.6 Å². The van der Waals surface area contributed by atoms with Crippen molar-refractivity contribution in [3.63, 3.8) is 0 Å². The van der Waals surface area contributed by atoms with Crippen molar-refractivity contribution in [2.45, 2.75) is 13.8 Å². The van der Waals surface area contributed by atoms with Crippen LogP contribution in [-0.2, 0) is 4.79 Å². The van der Waals surface area contributed by atoms with Gasteiger partial charge in [-0.3, -0.25) is 7.91 Å². The molecule has 3 rings (SSSR count). The third kappa shape index (κ3) is 2.67. The van der Waals surface area contributed by atoms with E-state index in [4.69, 9.17) is 0 Å². The monoisotopic (exact) mass is 408 g/mol. The fourth-order valence-corrected chi connectivity index (χ4v) is 3.57. The van der Waals surface area contributed by atoms with Crippen molar-refractivity contribution >= 4 is 56.0 Å². The Hall–Kier alpha value is -1.47. The zero-order valence-electron chi connectivity index (χ0n) is 11.6. The molecule has 21 heavy (non-hydrogen) atoms. The van der Waals surface area contributed by atoms with Crippen molar-refractivity contribution in [3.8, 4) is 11.1 Å². The quantitative estimate of drug-likeness (QED) is 0.443. The molecule has 0 bridgehead atoms. The van der Waals surface area contributed by atoms with Gasteiger partial charge < -0.3 is 0 Å². The number of carbonyl (C=O) groups excluding carboxylic acids is 1. The summed E-state index contributed by atoms with van der Waals surface area (Å²) in [5.41, 5.74) is 7.05. The third-order valence-corrected chi connectivity index (χ3v) is 5.24. The van der Waals surface area contributed by atoms with Crippen LogP contribution < -0.4 is 3.11 Å². The molecule has 0 atom stereocenters. The van der Waals surface area contributed by atoms with Crippen molar-refractivity contribution in [2.75, 3.05) is 3.11 Å². The molecule has 106 valence electrons. The first-order valence-corrected chi connectivity index (χ1v) is 8.32. The molecule has 5 heteroatoms. The number of benzene rings is 2. The molecular formula is C16H13IN2OS. The third-order valence-electron chi connectivity index (χ3n) is 3.26. The van der Waals surface area contributed by atoms with Crippen LogP contribution in [0, 0.1) is 6.92 Å². The van der Waals surface area contributed by atoms with Gasteiger partial charge in [0.05, 0.1) is 44.3 Å². The minimum Gasteiger partial charge on any atom is -0.274 e. The second-order valence-corrected chi connectivity index (χ2v) is 6.68. The lowest BCUT2D eigenvalue weighted by Crippen LogP contribution is -2.16. The normalized spacial score (nSPS) is 10.8. The topological polar surface area (TPSA) is 33.2 Å². The molecule has 0 saturated carbocycles. The van der Waals surface area contributed by atoms with E-state index in [9.17, 15) is 4.79 Å². The van der Waals surface area contributed by atoms with Gasteiger partial charge in [0.2, 0.25) is 5.91 Å². The number of hydrogen-bond acceptors (Lipinski definition) is 3. The zero-order valence-corrected chi connectivity index (χ0v) is 14.6. The number of nitrogens with zero attached hydrogens (tertiary/aromatic N) is 2. The van der Waals surface area contributed by atoms with E-state index >= 15 is 0 Å². The van der Waals surface area contributed by atoms with Crippen molar-refractivity contribution in [3.05, 3.63) is 47.5 Å². The number of aromatic nitrogens is 1. The van der Waals surface area contributed by atoms with Crippen molar-refractivity contribution in [2.24, 2.45) is 0 Å². The number of rotatable bonds is 2. The van der Waals surface area contributed by atoms with Gasteiger partial charge in [-0.1, -0.05) is 18.2 Å². The van der Waals surface area contributed by atoms with Crippen LogP contribution in [0.1, 0.15) is 12.5 Å². The molecule has 3 nitrogen and oxygen atoms in total. The van der Waals surface area contributed by atoms with Crippen LogP contribution >= 0.6 is 34.2 Å². The van der Waals surface area contributed by atoms with Gasteiger partial charge in [-0.25, -0.2) is 4.98 Å². The first kappa shape index (κ1) is 14.5. The standard InChI is InChI=1S/C16H13IN2OS/c1-10-7-13(16-15(8-10)21-9-18-16)12-5-3-4-6-14(12)19(17)11(2)20/h3-9H,1-2H3. The molecule has 0 spiro atoms. The van der Waals surface area contributed by atoms with Gasteiger partial charge in [-0.15, -0.1) is 11.3 Å². The molecule has 2 aromatic carbocycles. The van der Waals surface area contributed by atoms with Crippen LogP contribution in [-0.4, -0.2) is 10.9 Å². The Morgan fingerprint density at radius 2 is 2.00 bits per heavy atom. The van der Waals surface area contributed by atoms with Crippen LogP contribution in [0.15, 0.2) is 41.9 Å². The zero-order chi connectivity index (χ0) is 15.0. The molecule has 0 fully saturated rings. The van der Waals surface area contributed by atoms with Gasteiger partial charge in [0.15, 0.2) is 0 Å². The second kappa shape index (κ2) is 5.73. The van der Waals surface area contributed by atoms with Gasteiger partial charge in [-0.05, 0) is 30.7 Å². The van der Waals surface area contributed by atoms with Gasteiger partial charge in [0.1, 0.15) is 0 Å². The minimum atomic E-state index is 0.00484. The van der Waals surface area contributed by atoms with Crippen LogP contribution in [0.5, 0.6) is 0 Å². The highest BCUT2D eigenvalue weighted by Gasteiger charge is 2.16. The van der Waals surface area contributed by atoms with E-state index in [-0.39, 0.29) is 5.91 Å². The van der Waals surface area contributed by atoms with Crippen LogP contribution in [0.3, 0.4) is 0 Å². The fourth-order valence-electron chi connectivity index (χ4n) is 2.35. The summed E-state index contributed by atoms with van der Waals surface area (Å²) in [5.74, 6) is 0.00484. The average molecular weight is 408 g/mol. The number of halogens is 1. The highest BCUT2D eigenvalue weighted by molar-refractivity contribution is 14.1. The molecule has 0 aliphatic carbocycles. The van der Waals surface area contributed by atoms with Gasteiger partial charge in [0, 0.05) is 18.1 Å². The summed E-state index contributed by atoms with van der Waals surface area (Å²) in [7, 11) is 0. The Labute approximate surface area is 141 Å². The predicted octanol–water partition coefficient (Wildman–Crippen LogP) is 4.97. The Kier molecular flexibility index (Phi) is 3.95. The lowest BCUT2D eigenvalue weighted by molar-refractivity contribution is -0.115.